The van der Waals surface area contributed by atoms with Crippen LogP contribution in [0.25, 0.3) is 0 Å². The highest BCUT2D eigenvalue weighted by Crippen LogP contribution is 2.26. The summed E-state index contributed by atoms with van der Waals surface area (Å²) in [7, 11) is -4.12. The maximum Gasteiger partial charge on any atom is 0.246 e. The molecule has 0 spiro atoms. The monoisotopic (exact) mass is 425 g/mol. The average Bonchev–Trinajstić information content (AvgIpc) is 2.62. The van der Waals surface area contributed by atoms with E-state index in [1.165, 1.54) is 0 Å². The molecule has 1 fully saturated rings. The fourth-order valence-corrected chi connectivity index (χ4v) is 4.54. The number of piperidine rings is 1. The lowest BCUT2D eigenvalue weighted by atomic mass is 9.97. The standard InChI is InChI=1S/C17H25F2N3O3S.ClH/c1-3-20-12(2)11-21-17(23)13-6-8-22(9-7-13)26(24,25)16-10-14(18)4-5-15(16)19;/h4-5,10,12-13,20H,3,6-9,11H2,1-2H3,(H,21,23);1H/t12-;/m1./s1. The summed E-state index contributed by atoms with van der Waals surface area (Å²) < 4.78 is 53.3. The van der Waals surface area contributed by atoms with Gasteiger partial charge in [-0.15, -0.1) is 12.4 Å². The molecule has 1 aromatic carbocycles. The van der Waals surface area contributed by atoms with Gasteiger partial charge in [-0.05, 0) is 44.5 Å². The molecule has 0 aromatic heterocycles. The number of hydrogen-bond acceptors (Lipinski definition) is 4. The Bertz CT molecular complexity index is 741. The first-order valence-electron chi connectivity index (χ1n) is 8.72. The van der Waals surface area contributed by atoms with Crippen LogP contribution in [0.3, 0.4) is 0 Å². The van der Waals surface area contributed by atoms with E-state index >= 15 is 0 Å². The summed E-state index contributed by atoms with van der Waals surface area (Å²) in [6.07, 6.45) is 0.690. The van der Waals surface area contributed by atoms with Crippen molar-refractivity contribution in [1.82, 2.24) is 14.9 Å². The van der Waals surface area contributed by atoms with Gasteiger partial charge in [-0.2, -0.15) is 4.31 Å². The van der Waals surface area contributed by atoms with Gasteiger partial charge >= 0.3 is 0 Å². The van der Waals surface area contributed by atoms with Gasteiger partial charge in [0.15, 0.2) is 0 Å². The van der Waals surface area contributed by atoms with Gasteiger partial charge < -0.3 is 10.6 Å². The maximum absolute atomic E-state index is 13.8. The van der Waals surface area contributed by atoms with Gasteiger partial charge in [0.05, 0.1) is 0 Å². The molecular weight excluding hydrogens is 400 g/mol. The van der Waals surface area contributed by atoms with Crippen molar-refractivity contribution in [3.05, 3.63) is 29.8 Å². The number of likely N-dealkylation sites (N-methyl/N-ethyl adjacent to an activating group) is 1. The van der Waals surface area contributed by atoms with Crippen molar-refractivity contribution < 1.29 is 22.0 Å². The Balaban J connectivity index is 0.00000364. The molecule has 0 bridgehead atoms. The Hall–Kier alpha value is -1.29. The van der Waals surface area contributed by atoms with Crippen LogP contribution < -0.4 is 10.6 Å². The van der Waals surface area contributed by atoms with E-state index in [1.54, 1.807) is 0 Å². The maximum atomic E-state index is 13.8. The van der Waals surface area contributed by atoms with Crippen molar-refractivity contribution in [3.63, 3.8) is 0 Å². The van der Waals surface area contributed by atoms with Crippen LogP contribution >= 0.6 is 12.4 Å². The Kier molecular flexibility index (Phi) is 9.07. The van der Waals surface area contributed by atoms with Crippen molar-refractivity contribution in [1.29, 1.82) is 0 Å². The molecule has 1 aliphatic rings. The zero-order chi connectivity index (χ0) is 19.3. The molecule has 27 heavy (non-hydrogen) atoms. The van der Waals surface area contributed by atoms with E-state index in [2.05, 4.69) is 10.6 Å². The van der Waals surface area contributed by atoms with Crippen molar-refractivity contribution in [3.8, 4) is 0 Å². The molecule has 0 unspecified atom stereocenters. The van der Waals surface area contributed by atoms with Crippen molar-refractivity contribution in [2.24, 2.45) is 5.92 Å². The van der Waals surface area contributed by atoms with Crippen LogP contribution in [-0.4, -0.2) is 50.9 Å². The molecule has 1 heterocycles. The third-order valence-corrected chi connectivity index (χ3v) is 6.38. The predicted molar refractivity (Wildman–Crippen MR) is 101 cm³/mol. The Morgan fingerprint density at radius 3 is 2.52 bits per heavy atom. The molecule has 0 aliphatic carbocycles. The second-order valence-electron chi connectivity index (χ2n) is 6.46. The van der Waals surface area contributed by atoms with Crippen molar-refractivity contribution in [2.75, 3.05) is 26.2 Å². The Morgan fingerprint density at radius 1 is 1.30 bits per heavy atom. The van der Waals surface area contributed by atoms with Gasteiger partial charge in [0.1, 0.15) is 16.5 Å². The van der Waals surface area contributed by atoms with Crippen LogP contribution in [0.2, 0.25) is 0 Å². The summed E-state index contributed by atoms with van der Waals surface area (Å²) in [6, 6.07) is 2.51. The van der Waals surface area contributed by atoms with E-state index in [1.807, 2.05) is 13.8 Å². The SMILES string of the molecule is CCN[C@H](C)CNC(=O)C1CCN(S(=O)(=O)c2cc(F)ccc2F)CC1.Cl. The molecule has 2 rings (SSSR count). The van der Waals surface area contributed by atoms with Gasteiger partial charge in [0.2, 0.25) is 15.9 Å². The summed E-state index contributed by atoms with van der Waals surface area (Å²) in [4.78, 5) is 11.5. The van der Waals surface area contributed by atoms with Crippen LogP contribution in [0.15, 0.2) is 23.1 Å². The lowest BCUT2D eigenvalue weighted by molar-refractivity contribution is -0.126. The van der Waals surface area contributed by atoms with Gasteiger partial charge in [-0.1, -0.05) is 6.92 Å². The van der Waals surface area contributed by atoms with E-state index in [9.17, 15) is 22.0 Å². The zero-order valence-electron chi connectivity index (χ0n) is 15.4. The summed E-state index contributed by atoms with van der Waals surface area (Å²) in [5.74, 6) is -2.19. The van der Waals surface area contributed by atoms with E-state index in [0.29, 0.717) is 25.5 Å². The van der Waals surface area contributed by atoms with Crippen LogP contribution in [0.1, 0.15) is 26.7 Å². The number of sulfonamides is 1. The van der Waals surface area contributed by atoms with Crippen LogP contribution in [0.4, 0.5) is 8.78 Å². The minimum absolute atomic E-state index is 0. The topological polar surface area (TPSA) is 78.5 Å². The Morgan fingerprint density at radius 2 is 1.93 bits per heavy atom. The first-order chi connectivity index (χ1) is 12.3. The van der Waals surface area contributed by atoms with E-state index in [0.717, 1.165) is 23.0 Å². The molecule has 0 radical (unpaired) electrons. The molecule has 1 atom stereocenters. The first kappa shape index (κ1) is 23.7. The number of hydrogen-bond donors (Lipinski definition) is 2. The van der Waals surface area contributed by atoms with Crippen LogP contribution in [0.5, 0.6) is 0 Å². The highest BCUT2D eigenvalue weighted by atomic mass is 35.5. The predicted octanol–water partition coefficient (Wildman–Crippen LogP) is 1.90. The summed E-state index contributed by atoms with van der Waals surface area (Å²) in [6.45, 7) is 5.45. The second-order valence-corrected chi connectivity index (χ2v) is 8.36. The quantitative estimate of drug-likeness (QED) is 0.699. The highest BCUT2D eigenvalue weighted by molar-refractivity contribution is 7.89. The van der Waals surface area contributed by atoms with Crippen molar-refractivity contribution >= 4 is 28.3 Å². The number of carbonyl (C=O) groups excluding carboxylic acids is 1. The zero-order valence-corrected chi connectivity index (χ0v) is 17.0. The molecule has 10 heteroatoms. The molecule has 1 saturated heterocycles. The third kappa shape index (κ3) is 6.10. The number of amides is 1. The fourth-order valence-electron chi connectivity index (χ4n) is 2.99. The number of benzene rings is 1. The molecule has 2 N–H and O–H groups in total. The van der Waals surface area contributed by atoms with E-state index in [-0.39, 0.29) is 43.4 Å². The average molecular weight is 426 g/mol. The largest absolute Gasteiger partial charge is 0.354 e. The Labute approximate surface area is 165 Å². The lowest BCUT2D eigenvalue weighted by Gasteiger charge is -2.30. The summed E-state index contributed by atoms with van der Waals surface area (Å²) in [5.41, 5.74) is 0. The van der Waals surface area contributed by atoms with Crippen LogP contribution in [-0.2, 0) is 14.8 Å². The molecular formula is C17H26ClF2N3O3S. The number of halogens is 3. The van der Waals surface area contributed by atoms with Crippen LogP contribution in [0, 0.1) is 17.6 Å². The molecule has 1 aromatic rings. The minimum atomic E-state index is -4.12. The summed E-state index contributed by atoms with van der Waals surface area (Å²) >= 11 is 0. The molecule has 154 valence electrons. The molecule has 6 nitrogen and oxygen atoms in total. The third-order valence-electron chi connectivity index (χ3n) is 4.47. The number of nitrogens with one attached hydrogen (secondary N) is 2. The second kappa shape index (κ2) is 10.3. The minimum Gasteiger partial charge on any atom is -0.354 e. The van der Waals surface area contributed by atoms with E-state index in [4.69, 9.17) is 0 Å². The smallest absolute Gasteiger partial charge is 0.246 e. The fraction of sp³-hybridized carbons (Fsp3) is 0.588. The van der Waals surface area contributed by atoms with Gasteiger partial charge in [-0.25, -0.2) is 17.2 Å². The number of rotatable bonds is 7. The normalized spacial score (nSPS) is 17.2. The molecule has 1 amide bonds. The van der Waals surface area contributed by atoms with Gasteiger partial charge in [-0.3, -0.25) is 4.79 Å². The van der Waals surface area contributed by atoms with Gasteiger partial charge in [0.25, 0.3) is 0 Å². The summed E-state index contributed by atoms with van der Waals surface area (Å²) in [5, 5.41) is 6.05. The van der Waals surface area contributed by atoms with Gasteiger partial charge in [0, 0.05) is 31.6 Å². The molecule has 0 saturated carbocycles. The first-order valence-corrected chi connectivity index (χ1v) is 10.2. The highest BCUT2D eigenvalue weighted by Gasteiger charge is 2.33. The molecule has 1 aliphatic heterocycles. The number of carbonyl (C=O) groups is 1. The van der Waals surface area contributed by atoms with Crippen molar-refractivity contribution in [2.45, 2.75) is 37.6 Å². The lowest BCUT2D eigenvalue weighted by Crippen LogP contribution is -2.45. The van der Waals surface area contributed by atoms with E-state index < -0.39 is 26.6 Å². The number of nitrogens with zero attached hydrogens (tertiary/aromatic N) is 1.